The Bertz CT molecular complexity index is 449. The standard InChI is InChI=1S/C17H29N5/c1-2-3-4-5-10-19-17(18)21-14-15-8-9-16(20-13-15)22-11-6-7-12-22/h8-9,13H,2-7,10-12,14H2,1H3,(H3,18,19,21). The molecular weight excluding hydrogens is 274 g/mol. The zero-order valence-corrected chi connectivity index (χ0v) is 13.7. The van der Waals surface area contributed by atoms with Crippen LogP contribution in [0.4, 0.5) is 5.82 Å². The van der Waals surface area contributed by atoms with Crippen molar-refractivity contribution in [1.82, 2.24) is 10.3 Å². The Hall–Kier alpha value is -1.78. The molecule has 122 valence electrons. The maximum atomic E-state index is 5.88. The van der Waals surface area contributed by atoms with E-state index in [-0.39, 0.29) is 0 Å². The molecule has 5 nitrogen and oxygen atoms in total. The lowest BCUT2D eigenvalue weighted by atomic mass is 10.2. The highest BCUT2D eigenvalue weighted by Crippen LogP contribution is 2.17. The van der Waals surface area contributed by atoms with Gasteiger partial charge in [0.25, 0.3) is 0 Å². The molecule has 0 saturated carbocycles. The van der Waals surface area contributed by atoms with E-state index in [0.717, 1.165) is 37.4 Å². The lowest BCUT2D eigenvalue weighted by Crippen LogP contribution is -2.32. The van der Waals surface area contributed by atoms with Gasteiger partial charge in [-0.1, -0.05) is 32.3 Å². The molecule has 0 aromatic carbocycles. The van der Waals surface area contributed by atoms with E-state index in [1.807, 2.05) is 6.20 Å². The van der Waals surface area contributed by atoms with Crippen molar-refractivity contribution in [3.8, 4) is 0 Å². The van der Waals surface area contributed by atoms with Crippen molar-refractivity contribution in [2.45, 2.75) is 52.0 Å². The van der Waals surface area contributed by atoms with Crippen LogP contribution in [0.25, 0.3) is 0 Å². The monoisotopic (exact) mass is 303 g/mol. The minimum Gasteiger partial charge on any atom is -0.370 e. The zero-order chi connectivity index (χ0) is 15.6. The summed E-state index contributed by atoms with van der Waals surface area (Å²) in [5.41, 5.74) is 6.97. The van der Waals surface area contributed by atoms with Crippen molar-refractivity contribution in [3.05, 3.63) is 23.9 Å². The van der Waals surface area contributed by atoms with Gasteiger partial charge in [0.15, 0.2) is 5.96 Å². The number of pyridine rings is 1. The third-order valence-corrected chi connectivity index (χ3v) is 4.01. The summed E-state index contributed by atoms with van der Waals surface area (Å²) in [6.07, 6.45) is 9.39. The zero-order valence-electron chi connectivity index (χ0n) is 13.7. The molecule has 0 aliphatic carbocycles. The van der Waals surface area contributed by atoms with Gasteiger partial charge in [-0.3, -0.25) is 0 Å². The van der Waals surface area contributed by atoms with E-state index < -0.39 is 0 Å². The second-order valence-electron chi connectivity index (χ2n) is 5.91. The van der Waals surface area contributed by atoms with Gasteiger partial charge < -0.3 is 16.0 Å². The topological polar surface area (TPSA) is 66.5 Å². The lowest BCUT2D eigenvalue weighted by molar-refractivity contribution is 0.652. The molecule has 0 unspecified atom stereocenters. The van der Waals surface area contributed by atoms with Gasteiger partial charge in [0.1, 0.15) is 5.82 Å². The third kappa shape index (κ3) is 5.54. The third-order valence-electron chi connectivity index (χ3n) is 4.01. The summed E-state index contributed by atoms with van der Waals surface area (Å²) in [6.45, 7) is 5.95. The fourth-order valence-electron chi connectivity index (χ4n) is 2.64. The van der Waals surface area contributed by atoms with Gasteiger partial charge in [-0.25, -0.2) is 9.98 Å². The van der Waals surface area contributed by atoms with Gasteiger partial charge in [-0.2, -0.15) is 0 Å². The first kappa shape index (κ1) is 16.6. The summed E-state index contributed by atoms with van der Waals surface area (Å²) in [7, 11) is 0. The molecule has 1 aromatic rings. The minimum absolute atomic E-state index is 0.528. The molecule has 0 radical (unpaired) electrons. The molecule has 1 fully saturated rings. The first-order valence-corrected chi connectivity index (χ1v) is 8.53. The average Bonchev–Trinajstić information content (AvgIpc) is 3.08. The molecular formula is C17H29N5. The molecule has 0 spiro atoms. The first-order valence-electron chi connectivity index (χ1n) is 8.53. The Morgan fingerprint density at radius 3 is 2.77 bits per heavy atom. The predicted molar refractivity (Wildman–Crippen MR) is 93.2 cm³/mol. The number of hydrogen-bond donors (Lipinski definition) is 2. The number of guanidine groups is 1. The highest BCUT2D eigenvalue weighted by atomic mass is 15.2. The number of nitrogens with zero attached hydrogens (tertiary/aromatic N) is 3. The van der Waals surface area contributed by atoms with Gasteiger partial charge in [0.2, 0.25) is 0 Å². The van der Waals surface area contributed by atoms with Crippen molar-refractivity contribution in [2.75, 3.05) is 24.5 Å². The van der Waals surface area contributed by atoms with E-state index >= 15 is 0 Å². The average molecular weight is 303 g/mol. The number of nitrogens with two attached hydrogens (primary N) is 1. The molecule has 22 heavy (non-hydrogen) atoms. The summed E-state index contributed by atoms with van der Waals surface area (Å²) >= 11 is 0. The van der Waals surface area contributed by atoms with Crippen molar-refractivity contribution in [3.63, 3.8) is 0 Å². The molecule has 5 heteroatoms. The molecule has 0 amide bonds. The minimum atomic E-state index is 0.528. The fourth-order valence-corrected chi connectivity index (χ4v) is 2.64. The van der Waals surface area contributed by atoms with Crippen LogP contribution in [0.2, 0.25) is 0 Å². The van der Waals surface area contributed by atoms with E-state index in [4.69, 9.17) is 5.73 Å². The number of aromatic nitrogens is 1. The second kappa shape index (κ2) is 9.28. The van der Waals surface area contributed by atoms with E-state index in [0.29, 0.717) is 12.5 Å². The van der Waals surface area contributed by atoms with Crippen LogP contribution in [0.1, 0.15) is 51.0 Å². The highest BCUT2D eigenvalue weighted by molar-refractivity contribution is 5.77. The summed E-state index contributed by atoms with van der Waals surface area (Å²) in [6, 6.07) is 4.18. The molecule has 1 aliphatic heterocycles. The Labute approximate surface area is 134 Å². The summed E-state index contributed by atoms with van der Waals surface area (Å²) < 4.78 is 0. The van der Waals surface area contributed by atoms with Gasteiger partial charge in [0.05, 0.1) is 6.54 Å². The molecule has 1 aromatic heterocycles. The largest absolute Gasteiger partial charge is 0.370 e. The molecule has 1 aliphatic rings. The Balaban J connectivity index is 1.72. The maximum Gasteiger partial charge on any atom is 0.188 e. The van der Waals surface area contributed by atoms with Crippen LogP contribution in [0, 0.1) is 0 Å². The highest BCUT2D eigenvalue weighted by Gasteiger charge is 2.12. The van der Waals surface area contributed by atoms with Crippen LogP contribution in [0.15, 0.2) is 23.3 Å². The smallest absolute Gasteiger partial charge is 0.188 e. The Morgan fingerprint density at radius 1 is 1.27 bits per heavy atom. The van der Waals surface area contributed by atoms with Crippen LogP contribution in [0.5, 0.6) is 0 Å². The Morgan fingerprint density at radius 2 is 2.09 bits per heavy atom. The second-order valence-corrected chi connectivity index (χ2v) is 5.91. The quantitative estimate of drug-likeness (QED) is 0.440. The number of unbranched alkanes of at least 4 members (excludes halogenated alkanes) is 3. The Kier molecular flexibility index (Phi) is 7.00. The van der Waals surface area contributed by atoms with Crippen LogP contribution in [0.3, 0.4) is 0 Å². The van der Waals surface area contributed by atoms with E-state index in [9.17, 15) is 0 Å². The number of rotatable bonds is 8. The summed E-state index contributed by atoms with van der Waals surface area (Å²) in [5, 5.41) is 3.17. The first-order chi connectivity index (χ1) is 10.8. The van der Waals surface area contributed by atoms with Crippen LogP contribution in [-0.4, -0.2) is 30.6 Å². The van der Waals surface area contributed by atoms with E-state index in [1.54, 1.807) is 0 Å². The van der Waals surface area contributed by atoms with Gasteiger partial charge in [0, 0.05) is 25.8 Å². The SMILES string of the molecule is CCCCCCNC(N)=NCc1ccc(N2CCCC2)nc1. The number of anilines is 1. The summed E-state index contributed by atoms with van der Waals surface area (Å²) in [4.78, 5) is 11.2. The van der Waals surface area contributed by atoms with Crippen LogP contribution >= 0.6 is 0 Å². The van der Waals surface area contributed by atoms with Crippen LogP contribution < -0.4 is 16.0 Å². The van der Waals surface area contributed by atoms with Crippen molar-refractivity contribution in [2.24, 2.45) is 10.7 Å². The summed E-state index contributed by atoms with van der Waals surface area (Å²) in [5.74, 6) is 1.60. The van der Waals surface area contributed by atoms with Crippen molar-refractivity contribution >= 4 is 11.8 Å². The molecule has 2 rings (SSSR count). The maximum absolute atomic E-state index is 5.88. The van der Waals surface area contributed by atoms with E-state index in [1.165, 1.54) is 32.1 Å². The van der Waals surface area contributed by atoms with E-state index in [2.05, 4.69) is 39.2 Å². The molecule has 2 heterocycles. The number of aliphatic imine (C=N–C) groups is 1. The molecule has 3 N–H and O–H groups in total. The lowest BCUT2D eigenvalue weighted by Gasteiger charge is -2.16. The van der Waals surface area contributed by atoms with Crippen LogP contribution in [-0.2, 0) is 6.54 Å². The molecule has 0 bridgehead atoms. The van der Waals surface area contributed by atoms with Crippen molar-refractivity contribution in [1.29, 1.82) is 0 Å². The molecule has 0 atom stereocenters. The molecule has 1 saturated heterocycles. The van der Waals surface area contributed by atoms with Crippen molar-refractivity contribution < 1.29 is 0 Å². The fraction of sp³-hybridized carbons (Fsp3) is 0.647. The van der Waals surface area contributed by atoms with Gasteiger partial charge in [-0.05, 0) is 30.9 Å². The predicted octanol–water partition coefficient (Wildman–Crippen LogP) is 2.67. The van der Waals surface area contributed by atoms with Gasteiger partial charge >= 0.3 is 0 Å². The number of hydrogen-bond acceptors (Lipinski definition) is 3. The van der Waals surface area contributed by atoms with Gasteiger partial charge in [-0.15, -0.1) is 0 Å². The number of nitrogens with one attached hydrogen (secondary N) is 1. The normalized spacial score (nSPS) is 15.3.